The normalized spacial score (nSPS) is 11.5. The van der Waals surface area contributed by atoms with Crippen LogP contribution in [0.2, 0.25) is 5.02 Å². The third-order valence-electron chi connectivity index (χ3n) is 3.60. The standard InChI is InChI=1S/C18H17ClN2O5/c1-2-26-17(22)11-16(14-5-3-4-6-15(14)19)20-18(23)12-7-9-13(10-8-12)21(24)25/h3-10,16H,2,11H2,1H3,(H,20,23). The van der Waals surface area contributed by atoms with Crippen LogP contribution in [-0.4, -0.2) is 23.4 Å². The summed E-state index contributed by atoms with van der Waals surface area (Å²) < 4.78 is 4.95. The van der Waals surface area contributed by atoms with Gasteiger partial charge in [0.1, 0.15) is 0 Å². The second kappa shape index (κ2) is 8.96. The maximum Gasteiger partial charge on any atom is 0.308 e. The van der Waals surface area contributed by atoms with Crippen LogP contribution >= 0.6 is 11.6 Å². The molecule has 2 aromatic carbocycles. The first-order valence-electron chi connectivity index (χ1n) is 7.87. The zero-order chi connectivity index (χ0) is 19.1. The first-order chi connectivity index (χ1) is 12.4. The third-order valence-corrected chi connectivity index (χ3v) is 3.95. The van der Waals surface area contributed by atoms with E-state index >= 15 is 0 Å². The Balaban J connectivity index is 2.22. The number of nitrogens with one attached hydrogen (secondary N) is 1. The number of hydrogen-bond acceptors (Lipinski definition) is 5. The van der Waals surface area contributed by atoms with Gasteiger partial charge in [-0.1, -0.05) is 29.8 Å². The Morgan fingerprint density at radius 3 is 2.42 bits per heavy atom. The van der Waals surface area contributed by atoms with Gasteiger partial charge in [0.25, 0.3) is 11.6 Å². The molecule has 8 heteroatoms. The molecular weight excluding hydrogens is 360 g/mol. The van der Waals surface area contributed by atoms with Crippen LogP contribution in [0.25, 0.3) is 0 Å². The van der Waals surface area contributed by atoms with Crippen LogP contribution in [0.5, 0.6) is 0 Å². The summed E-state index contributed by atoms with van der Waals surface area (Å²) in [5, 5.41) is 13.8. The summed E-state index contributed by atoms with van der Waals surface area (Å²) >= 11 is 6.19. The molecule has 1 unspecified atom stereocenters. The largest absolute Gasteiger partial charge is 0.466 e. The minimum atomic E-state index is -0.689. The van der Waals surface area contributed by atoms with Crippen LogP contribution in [0.1, 0.15) is 35.3 Å². The van der Waals surface area contributed by atoms with E-state index in [-0.39, 0.29) is 24.3 Å². The monoisotopic (exact) mass is 376 g/mol. The number of hydrogen-bond donors (Lipinski definition) is 1. The first-order valence-corrected chi connectivity index (χ1v) is 8.25. The van der Waals surface area contributed by atoms with E-state index in [1.807, 2.05) is 0 Å². The van der Waals surface area contributed by atoms with Crippen LogP contribution in [0.4, 0.5) is 5.69 Å². The summed E-state index contributed by atoms with van der Waals surface area (Å²) in [6, 6.07) is 11.3. The fraction of sp³-hybridized carbons (Fsp3) is 0.222. The van der Waals surface area contributed by atoms with Gasteiger partial charge in [0, 0.05) is 22.7 Å². The molecule has 0 spiro atoms. The molecule has 0 aromatic heterocycles. The second-order valence-corrected chi connectivity index (χ2v) is 5.77. The number of amides is 1. The fourth-order valence-corrected chi connectivity index (χ4v) is 2.63. The zero-order valence-corrected chi connectivity index (χ0v) is 14.7. The highest BCUT2D eigenvalue weighted by Gasteiger charge is 2.22. The number of ether oxygens (including phenoxy) is 1. The number of non-ortho nitro benzene ring substituents is 1. The van der Waals surface area contributed by atoms with Crippen molar-refractivity contribution in [3.63, 3.8) is 0 Å². The molecule has 0 aliphatic carbocycles. The quantitative estimate of drug-likeness (QED) is 0.451. The number of carbonyl (C=O) groups is 2. The lowest BCUT2D eigenvalue weighted by Crippen LogP contribution is -2.30. The molecule has 0 saturated heterocycles. The van der Waals surface area contributed by atoms with Gasteiger partial charge in [-0.3, -0.25) is 19.7 Å². The lowest BCUT2D eigenvalue weighted by Gasteiger charge is -2.19. The highest BCUT2D eigenvalue weighted by atomic mass is 35.5. The summed E-state index contributed by atoms with van der Waals surface area (Å²) in [5.74, 6) is -0.949. The van der Waals surface area contributed by atoms with Gasteiger partial charge in [-0.25, -0.2) is 0 Å². The molecule has 0 radical (unpaired) electrons. The molecule has 0 aliphatic heterocycles. The van der Waals surface area contributed by atoms with E-state index in [0.29, 0.717) is 10.6 Å². The average Bonchev–Trinajstić information content (AvgIpc) is 2.62. The van der Waals surface area contributed by atoms with Crippen molar-refractivity contribution in [1.29, 1.82) is 0 Å². The van der Waals surface area contributed by atoms with Gasteiger partial charge in [-0.2, -0.15) is 0 Å². The molecule has 26 heavy (non-hydrogen) atoms. The van der Waals surface area contributed by atoms with Crippen molar-refractivity contribution < 1.29 is 19.2 Å². The highest BCUT2D eigenvalue weighted by Crippen LogP contribution is 2.26. The van der Waals surface area contributed by atoms with Gasteiger partial charge in [0.2, 0.25) is 0 Å². The summed E-state index contributed by atoms with van der Waals surface area (Å²) in [6.45, 7) is 1.92. The van der Waals surface area contributed by atoms with Crippen LogP contribution < -0.4 is 5.32 Å². The number of nitro groups is 1. The summed E-state index contributed by atoms with van der Waals surface area (Å²) in [4.78, 5) is 34.5. The SMILES string of the molecule is CCOC(=O)CC(NC(=O)c1ccc([N+](=O)[O-])cc1)c1ccccc1Cl. The van der Waals surface area contributed by atoms with Crippen molar-refractivity contribution >= 4 is 29.2 Å². The molecule has 2 rings (SSSR count). The van der Waals surface area contributed by atoms with E-state index in [4.69, 9.17) is 16.3 Å². The van der Waals surface area contributed by atoms with Gasteiger partial charge in [-0.05, 0) is 30.7 Å². The predicted molar refractivity (Wildman–Crippen MR) is 96.0 cm³/mol. The number of halogens is 1. The van der Waals surface area contributed by atoms with Crippen LogP contribution in [-0.2, 0) is 9.53 Å². The van der Waals surface area contributed by atoms with E-state index in [1.54, 1.807) is 31.2 Å². The van der Waals surface area contributed by atoms with Gasteiger partial charge in [0.05, 0.1) is 24.0 Å². The molecule has 0 bridgehead atoms. The Kier molecular flexibility index (Phi) is 6.68. The van der Waals surface area contributed by atoms with Crippen LogP contribution in [0, 0.1) is 10.1 Å². The van der Waals surface area contributed by atoms with Gasteiger partial charge < -0.3 is 10.1 Å². The number of nitro benzene ring substituents is 1. The highest BCUT2D eigenvalue weighted by molar-refractivity contribution is 6.31. The topological polar surface area (TPSA) is 98.5 Å². The number of benzene rings is 2. The number of esters is 1. The number of rotatable bonds is 7. The Labute approximate surface area is 155 Å². The predicted octanol–water partition coefficient (Wildman–Crippen LogP) is 3.67. The number of nitrogens with zero attached hydrogens (tertiary/aromatic N) is 1. The third kappa shape index (κ3) is 5.03. The molecule has 0 saturated carbocycles. The Bertz CT molecular complexity index is 807. The van der Waals surface area contributed by atoms with Crippen molar-refractivity contribution in [2.24, 2.45) is 0 Å². The minimum absolute atomic E-state index is 0.0870. The average molecular weight is 377 g/mol. The Morgan fingerprint density at radius 1 is 1.19 bits per heavy atom. The van der Waals surface area contributed by atoms with Crippen molar-refractivity contribution in [1.82, 2.24) is 5.32 Å². The smallest absolute Gasteiger partial charge is 0.308 e. The van der Waals surface area contributed by atoms with Gasteiger partial charge in [0.15, 0.2) is 0 Å². The molecule has 136 valence electrons. The number of carbonyl (C=O) groups excluding carboxylic acids is 2. The van der Waals surface area contributed by atoms with Crippen LogP contribution in [0.3, 0.4) is 0 Å². The zero-order valence-electron chi connectivity index (χ0n) is 14.0. The minimum Gasteiger partial charge on any atom is -0.466 e. The van der Waals surface area contributed by atoms with E-state index in [2.05, 4.69) is 5.32 Å². The molecule has 1 N–H and O–H groups in total. The molecule has 7 nitrogen and oxygen atoms in total. The van der Waals surface area contributed by atoms with Crippen molar-refractivity contribution in [2.45, 2.75) is 19.4 Å². The van der Waals surface area contributed by atoms with E-state index in [1.165, 1.54) is 24.3 Å². The summed E-state index contributed by atoms with van der Waals surface area (Å²) in [5.41, 5.74) is 0.699. The van der Waals surface area contributed by atoms with Gasteiger partial charge >= 0.3 is 5.97 Å². The molecule has 0 heterocycles. The van der Waals surface area contributed by atoms with Crippen molar-refractivity contribution in [3.8, 4) is 0 Å². The molecule has 0 aliphatic rings. The molecular formula is C18H17ClN2O5. The van der Waals surface area contributed by atoms with Crippen molar-refractivity contribution in [2.75, 3.05) is 6.61 Å². The summed E-state index contributed by atoms with van der Waals surface area (Å²) in [6.07, 6.45) is -0.0870. The maximum atomic E-state index is 12.5. The fourth-order valence-electron chi connectivity index (χ4n) is 2.36. The van der Waals surface area contributed by atoms with E-state index in [9.17, 15) is 19.7 Å². The lowest BCUT2D eigenvalue weighted by molar-refractivity contribution is -0.384. The molecule has 0 fully saturated rings. The Morgan fingerprint density at radius 2 is 1.85 bits per heavy atom. The lowest BCUT2D eigenvalue weighted by atomic mass is 10.0. The molecule has 1 atom stereocenters. The second-order valence-electron chi connectivity index (χ2n) is 5.36. The summed E-state index contributed by atoms with van der Waals surface area (Å²) in [7, 11) is 0. The Hall–Kier alpha value is -2.93. The molecule has 2 aromatic rings. The van der Waals surface area contributed by atoms with Crippen molar-refractivity contribution in [3.05, 3.63) is 74.8 Å². The molecule has 1 amide bonds. The maximum absolute atomic E-state index is 12.5. The van der Waals surface area contributed by atoms with E-state index in [0.717, 1.165) is 0 Å². The van der Waals surface area contributed by atoms with Gasteiger partial charge in [-0.15, -0.1) is 0 Å². The van der Waals surface area contributed by atoms with E-state index < -0.39 is 22.8 Å². The first kappa shape index (κ1) is 19.4. The van der Waals surface area contributed by atoms with Crippen LogP contribution in [0.15, 0.2) is 48.5 Å².